The lowest BCUT2D eigenvalue weighted by atomic mass is 10.2. The minimum absolute atomic E-state index is 0.907. The fraction of sp³-hybridized carbons (Fsp3) is 0.385. The normalized spacial score (nSPS) is 7.73. The molecule has 0 amide bonds. The Morgan fingerprint density at radius 3 is 1.93 bits per heavy atom. The molecule has 0 spiro atoms. The minimum atomic E-state index is 0.907. The van der Waals surface area contributed by atoms with Gasteiger partial charge in [-0.15, -0.1) is 13.2 Å². The van der Waals surface area contributed by atoms with E-state index in [2.05, 4.69) is 30.6 Å². The molecule has 0 aliphatic heterocycles. The van der Waals surface area contributed by atoms with Gasteiger partial charge in [0.2, 0.25) is 0 Å². The predicted octanol–water partition coefficient (Wildman–Crippen LogP) is 3.24. The van der Waals surface area contributed by atoms with Gasteiger partial charge in [0.25, 0.3) is 0 Å². The van der Waals surface area contributed by atoms with Gasteiger partial charge >= 0.3 is 0 Å². The van der Waals surface area contributed by atoms with Crippen molar-refractivity contribution >= 4 is 0 Å². The fourth-order valence-corrected chi connectivity index (χ4v) is 0.948. The fourth-order valence-electron chi connectivity index (χ4n) is 0.948. The molecule has 1 rings (SSSR count). The summed E-state index contributed by atoms with van der Waals surface area (Å²) >= 11 is 0. The third-order valence-corrected chi connectivity index (χ3v) is 1.54. The molecule has 0 heterocycles. The summed E-state index contributed by atoms with van der Waals surface area (Å²) < 4.78 is 5.03. The Bertz CT molecular complexity index is 218. The number of nitrogens with one attached hydrogen (secondary N) is 1. The lowest BCUT2D eigenvalue weighted by molar-refractivity contribution is 0.414. The first-order chi connectivity index (χ1) is 7.36. The van der Waals surface area contributed by atoms with Gasteiger partial charge in [-0.05, 0) is 24.7 Å². The standard InChI is InChI=1S/C9H13NO.C2H6.C2H4/c1-10-7-8-3-5-9(11-2)6-4-8;2*1-2/h3-6,10H,7H2,1-2H3;1-2H3;1-2H2. The number of hydrogen-bond acceptors (Lipinski definition) is 2. The molecule has 0 unspecified atom stereocenters. The van der Waals surface area contributed by atoms with Crippen molar-refractivity contribution in [3.05, 3.63) is 43.0 Å². The van der Waals surface area contributed by atoms with Crippen LogP contribution >= 0.6 is 0 Å². The predicted molar refractivity (Wildman–Crippen MR) is 68.4 cm³/mol. The zero-order valence-corrected chi connectivity index (χ0v) is 10.3. The molecule has 0 aliphatic carbocycles. The number of rotatable bonds is 3. The molecule has 0 aromatic heterocycles. The molecule has 1 aromatic carbocycles. The van der Waals surface area contributed by atoms with Crippen LogP contribution in [0.15, 0.2) is 37.4 Å². The van der Waals surface area contributed by atoms with Crippen LogP contribution in [0, 0.1) is 0 Å². The zero-order valence-electron chi connectivity index (χ0n) is 10.3. The topological polar surface area (TPSA) is 21.3 Å². The Labute approximate surface area is 94.0 Å². The van der Waals surface area contributed by atoms with Crippen LogP contribution in [0.2, 0.25) is 0 Å². The van der Waals surface area contributed by atoms with Crippen LogP contribution in [0.1, 0.15) is 19.4 Å². The smallest absolute Gasteiger partial charge is 0.118 e. The Balaban J connectivity index is 0. The molecule has 1 N–H and O–H groups in total. The molecule has 0 atom stereocenters. The molecule has 15 heavy (non-hydrogen) atoms. The molecule has 0 aliphatic rings. The summed E-state index contributed by atoms with van der Waals surface area (Å²) in [5.41, 5.74) is 1.27. The van der Waals surface area contributed by atoms with Gasteiger partial charge in [-0.2, -0.15) is 0 Å². The second-order valence-corrected chi connectivity index (χ2v) is 2.38. The van der Waals surface area contributed by atoms with Crippen molar-refractivity contribution in [3.8, 4) is 5.75 Å². The third-order valence-electron chi connectivity index (χ3n) is 1.54. The molecule has 0 radical (unpaired) electrons. The molecule has 0 bridgehead atoms. The van der Waals surface area contributed by atoms with Crippen molar-refractivity contribution in [3.63, 3.8) is 0 Å². The second-order valence-electron chi connectivity index (χ2n) is 2.38. The first kappa shape index (κ1) is 16.2. The van der Waals surface area contributed by atoms with Crippen LogP contribution in [0.25, 0.3) is 0 Å². The van der Waals surface area contributed by atoms with Gasteiger partial charge in [0.15, 0.2) is 0 Å². The highest BCUT2D eigenvalue weighted by Gasteiger charge is 1.90. The maximum absolute atomic E-state index is 5.03. The Hall–Kier alpha value is -1.28. The number of hydrogen-bond donors (Lipinski definition) is 1. The van der Waals surface area contributed by atoms with Crippen LogP contribution in [0.5, 0.6) is 5.75 Å². The van der Waals surface area contributed by atoms with Crippen LogP contribution in [0.4, 0.5) is 0 Å². The van der Waals surface area contributed by atoms with Crippen LogP contribution in [0.3, 0.4) is 0 Å². The lowest BCUT2D eigenvalue weighted by Gasteiger charge is -2.01. The average Bonchev–Trinajstić information content (AvgIpc) is 2.36. The molecule has 0 fully saturated rings. The Kier molecular flexibility index (Phi) is 13.7. The van der Waals surface area contributed by atoms with E-state index in [9.17, 15) is 0 Å². The monoisotopic (exact) mass is 209 g/mol. The molecule has 2 nitrogen and oxygen atoms in total. The van der Waals surface area contributed by atoms with Crippen molar-refractivity contribution < 1.29 is 4.74 Å². The summed E-state index contributed by atoms with van der Waals surface area (Å²) in [5, 5.41) is 3.08. The maximum Gasteiger partial charge on any atom is 0.118 e. The van der Waals surface area contributed by atoms with E-state index in [0.717, 1.165) is 12.3 Å². The van der Waals surface area contributed by atoms with Gasteiger partial charge in [-0.3, -0.25) is 0 Å². The van der Waals surface area contributed by atoms with E-state index in [4.69, 9.17) is 4.74 Å². The van der Waals surface area contributed by atoms with Crippen molar-refractivity contribution in [2.75, 3.05) is 14.2 Å². The van der Waals surface area contributed by atoms with E-state index < -0.39 is 0 Å². The first-order valence-electron chi connectivity index (χ1n) is 5.14. The Morgan fingerprint density at radius 1 is 1.13 bits per heavy atom. The summed E-state index contributed by atoms with van der Waals surface area (Å²) in [7, 11) is 3.61. The van der Waals surface area contributed by atoms with Gasteiger partial charge in [0, 0.05) is 6.54 Å². The SMILES string of the molecule is C=C.CC.CNCc1ccc(OC)cc1. The van der Waals surface area contributed by atoms with Crippen LogP contribution < -0.4 is 10.1 Å². The van der Waals surface area contributed by atoms with Gasteiger partial charge in [0.1, 0.15) is 5.75 Å². The van der Waals surface area contributed by atoms with Crippen LogP contribution in [-0.2, 0) is 6.54 Å². The van der Waals surface area contributed by atoms with Crippen molar-refractivity contribution in [1.82, 2.24) is 5.32 Å². The third kappa shape index (κ3) is 7.77. The highest BCUT2D eigenvalue weighted by atomic mass is 16.5. The van der Waals surface area contributed by atoms with Gasteiger partial charge in [-0.1, -0.05) is 26.0 Å². The van der Waals surface area contributed by atoms with Crippen LogP contribution in [-0.4, -0.2) is 14.2 Å². The van der Waals surface area contributed by atoms with E-state index in [1.165, 1.54) is 5.56 Å². The highest BCUT2D eigenvalue weighted by molar-refractivity contribution is 5.26. The van der Waals surface area contributed by atoms with Crippen molar-refractivity contribution in [2.24, 2.45) is 0 Å². The summed E-state index contributed by atoms with van der Waals surface area (Å²) in [6, 6.07) is 8.03. The summed E-state index contributed by atoms with van der Waals surface area (Å²) in [4.78, 5) is 0. The average molecular weight is 209 g/mol. The van der Waals surface area contributed by atoms with E-state index >= 15 is 0 Å². The van der Waals surface area contributed by atoms with E-state index in [-0.39, 0.29) is 0 Å². The minimum Gasteiger partial charge on any atom is -0.497 e. The second kappa shape index (κ2) is 12.7. The quantitative estimate of drug-likeness (QED) is 0.772. The molecular weight excluding hydrogens is 186 g/mol. The zero-order chi connectivity index (χ0) is 12.1. The van der Waals surface area contributed by atoms with E-state index in [0.29, 0.717) is 0 Å². The molecule has 0 saturated carbocycles. The van der Waals surface area contributed by atoms with Gasteiger partial charge in [0.05, 0.1) is 7.11 Å². The molecular formula is C13H23NO. The van der Waals surface area contributed by atoms with E-state index in [1.54, 1.807) is 7.11 Å². The van der Waals surface area contributed by atoms with Crippen molar-refractivity contribution in [2.45, 2.75) is 20.4 Å². The Morgan fingerprint density at radius 2 is 1.60 bits per heavy atom. The number of benzene rings is 1. The molecule has 2 heteroatoms. The van der Waals surface area contributed by atoms with Gasteiger partial charge in [-0.25, -0.2) is 0 Å². The van der Waals surface area contributed by atoms with Crippen molar-refractivity contribution in [1.29, 1.82) is 0 Å². The first-order valence-corrected chi connectivity index (χ1v) is 5.14. The summed E-state index contributed by atoms with van der Waals surface area (Å²) in [5.74, 6) is 0.907. The number of ether oxygens (including phenoxy) is 1. The molecule has 86 valence electrons. The highest BCUT2D eigenvalue weighted by Crippen LogP contribution is 2.10. The lowest BCUT2D eigenvalue weighted by Crippen LogP contribution is -2.04. The van der Waals surface area contributed by atoms with Gasteiger partial charge < -0.3 is 10.1 Å². The maximum atomic E-state index is 5.03. The summed E-state index contributed by atoms with van der Waals surface area (Å²) in [6.45, 7) is 10.9. The molecule has 0 saturated heterocycles. The number of methoxy groups -OCH3 is 1. The largest absolute Gasteiger partial charge is 0.497 e. The van der Waals surface area contributed by atoms with E-state index in [1.807, 2.05) is 33.0 Å². The molecule has 1 aromatic rings. The summed E-state index contributed by atoms with van der Waals surface area (Å²) in [6.07, 6.45) is 0.